The van der Waals surface area contributed by atoms with Crippen molar-refractivity contribution in [3.05, 3.63) is 98.7 Å². The molecule has 180 valence electrons. The number of aromatic nitrogens is 4. The first kappa shape index (κ1) is 24.1. The molecule has 0 saturated heterocycles. The van der Waals surface area contributed by atoms with E-state index >= 15 is 0 Å². The van der Waals surface area contributed by atoms with E-state index in [0.717, 1.165) is 23.3 Å². The van der Waals surface area contributed by atoms with Crippen LogP contribution in [0.25, 0.3) is 0 Å². The van der Waals surface area contributed by atoms with Crippen molar-refractivity contribution in [3.63, 3.8) is 0 Å². The molecule has 0 spiro atoms. The van der Waals surface area contributed by atoms with Crippen molar-refractivity contribution in [2.24, 2.45) is 0 Å². The Balaban J connectivity index is 1.30. The summed E-state index contributed by atoms with van der Waals surface area (Å²) >= 11 is 5.62. The fourth-order valence-electron chi connectivity index (χ4n) is 3.10. The third-order valence-electron chi connectivity index (χ3n) is 4.84. The number of methoxy groups -OCH3 is 1. The molecule has 0 aliphatic carbocycles. The van der Waals surface area contributed by atoms with Gasteiger partial charge in [0.1, 0.15) is 5.75 Å². The van der Waals surface area contributed by atoms with Gasteiger partial charge in [0.25, 0.3) is 11.6 Å². The van der Waals surface area contributed by atoms with Gasteiger partial charge in [0.15, 0.2) is 17.4 Å². The van der Waals surface area contributed by atoms with Crippen LogP contribution in [-0.4, -0.2) is 33.7 Å². The predicted molar refractivity (Wildman–Crippen MR) is 123 cm³/mol. The van der Waals surface area contributed by atoms with Gasteiger partial charge in [0.2, 0.25) is 0 Å². The third-order valence-corrected chi connectivity index (χ3v) is 5.06. The van der Waals surface area contributed by atoms with Gasteiger partial charge in [0, 0.05) is 42.0 Å². The van der Waals surface area contributed by atoms with Crippen LogP contribution >= 0.6 is 11.6 Å². The van der Waals surface area contributed by atoms with Gasteiger partial charge in [-0.15, -0.1) is 0 Å². The fourth-order valence-corrected chi connectivity index (χ4v) is 3.29. The smallest absolute Gasteiger partial charge is 0.316 e. The Hall–Kier alpha value is -4.05. The predicted octanol–water partition coefficient (Wildman–Crippen LogP) is 4.50. The molecular weight excluding hydrogens is 482 g/mol. The molecule has 0 aliphatic heterocycles. The van der Waals surface area contributed by atoms with Gasteiger partial charge in [-0.05, 0) is 35.4 Å². The van der Waals surface area contributed by atoms with E-state index < -0.39 is 17.4 Å². The van der Waals surface area contributed by atoms with Crippen LogP contribution in [0.2, 0.25) is 5.02 Å². The average molecular weight is 501 g/mol. The van der Waals surface area contributed by atoms with Crippen LogP contribution in [0.5, 0.6) is 23.5 Å². The summed E-state index contributed by atoms with van der Waals surface area (Å²) in [4.78, 5) is 27.1. The summed E-state index contributed by atoms with van der Waals surface area (Å²) in [6.07, 6.45) is 5.41. The van der Waals surface area contributed by atoms with Crippen molar-refractivity contribution in [2.75, 3.05) is 13.7 Å². The lowest BCUT2D eigenvalue weighted by Gasteiger charge is -2.09. The van der Waals surface area contributed by atoms with Crippen LogP contribution in [-0.2, 0) is 12.8 Å². The van der Waals surface area contributed by atoms with Crippen molar-refractivity contribution in [1.29, 1.82) is 0 Å². The highest BCUT2D eigenvalue weighted by Crippen LogP contribution is 2.30. The maximum atomic E-state index is 13.9. The Morgan fingerprint density at radius 2 is 1.66 bits per heavy atom. The van der Waals surface area contributed by atoms with Gasteiger partial charge < -0.3 is 14.2 Å². The monoisotopic (exact) mass is 500 g/mol. The zero-order chi connectivity index (χ0) is 24.8. The number of H-pyrrole nitrogens is 1. The fraction of sp³-hybridized carbons (Fsp3) is 0.167. The molecule has 0 radical (unpaired) electrons. The number of halogens is 3. The Morgan fingerprint density at radius 1 is 0.971 bits per heavy atom. The summed E-state index contributed by atoms with van der Waals surface area (Å²) in [5.74, 6) is -2.04. The number of rotatable bonds is 9. The summed E-state index contributed by atoms with van der Waals surface area (Å²) in [6.45, 7) is 0.245. The quantitative estimate of drug-likeness (QED) is 0.361. The van der Waals surface area contributed by atoms with Gasteiger partial charge in [-0.2, -0.15) is 0 Å². The van der Waals surface area contributed by atoms with Crippen molar-refractivity contribution in [2.45, 2.75) is 12.8 Å². The number of benzene rings is 2. The lowest BCUT2D eigenvalue weighted by Crippen LogP contribution is -2.16. The number of hydrogen-bond donors (Lipinski definition) is 1. The van der Waals surface area contributed by atoms with E-state index in [-0.39, 0.29) is 35.0 Å². The Labute approximate surface area is 203 Å². The molecule has 2 heterocycles. The number of aromatic amines is 1. The normalized spacial score (nSPS) is 10.7. The molecule has 0 saturated carbocycles. The molecule has 0 fully saturated rings. The first-order valence-electron chi connectivity index (χ1n) is 10.4. The van der Waals surface area contributed by atoms with Gasteiger partial charge >= 0.3 is 6.01 Å². The first-order valence-corrected chi connectivity index (χ1v) is 10.8. The average Bonchev–Trinajstić information content (AvgIpc) is 2.84. The second-order valence-corrected chi connectivity index (χ2v) is 7.78. The molecule has 2 aromatic carbocycles. The van der Waals surface area contributed by atoms with Crippen molar-refractivity contribution in [3.8, 4) is 23.5 Å². The van der Waals surface area contributed by atoms with Gasteiger partial charge in [-0.3, -0.25) is 9.78 Å². The zero-order valence-corrected chi connectivity index (χ0v) is 19.2. The number of nitrogens with one attached hydrogen (secondary N) is 1. The zero-order valence-electron chi connectivity index (χ0n) is 18.4. The van der Waals surface area contributed by atoms with E-state index in [0.29, 0.717) is 18.4 Å². The van der Waals surface area contributed by atoms with Crippen LogP contribution in [0.3, 0.4) is 0 Å². The summed E-state index contributed by atoms with van der Waals surface area (Å²) < 4.78 is 43.5. The maximum absolute atomic E-state index is 13.9. The van der Waals surface area contributed by atoms with Gasteiger partial charge in [-0.25, -0.2) is 23.7 Å². The van der Waals surface area contributed by atoms with Crippen molar-refractivity contribution in [1.82, 2.24) is 19.9 Å². The molecule has 0 unspecified atom stereocenters. The van der Waals surface area contributed by atoms with Crippen LogP contribution in [0, 0.1) is 11.6 Å². The van der Waals surface area contributed by atoms with Crippen LogP contribution in [0.4, 0.5) is 8.78 Å². The van der Waals surface area contributed by atoms with Gasteiger partial charge in [0.05, 0.1) is 13.7 Å². The molecule has 35 heavy (non-hydrogen) atoms. The minimum atomic E-state index is -0.891. The Kier molecular flexibility index (Phi) is 7.51. The molecule has 0 atom stereocenters. The van der Waals surface area contributed by atoms with E-state index in [4.69, 9.17) is 25.8 Å². The van der Waals surface area contributed by atoms with Crippen molar-refractivity contribution >= 4 is 11.6 Å². The first-order chi connectivity index (χ1) is 16.9. The SMILES string of the molecule is COc1ncc(Cc2cnc(OCCc3ccc(Oc4c(F)cc(Cl)cc4F)cc3)[nH]c2=O)cn1. The number of hydrogen-bond acceptors (Lipinski definition) is 7. The summed E-state index contributed by atoms with van der Waals surface area (Å²) in [6, 6.07) is 8.94. The molecule has 2 aromatic heterocycles. The Morgan fingerprint density at radius 3 is 2.29 bits per heavy atom. The minimum Gasteiger partial charge on any atom is -0.467 e. The lowest BCUT2D eigenvalue weighted by atomic mass is 10.1. The molecule has 1 N–H and O–H groups in total. The summed E-state index contributed by atoms with van der Waals surface area (Å²) in [7, 11) is 1.47. The van der Waals surface area contributed by atoms with E-state index in [1.54, 1.807) is 36.7 Å². The molecule has 0 bridgehead atoms. The molecule has 11 heteroatoms. The van der Waals surface area contributed by atoms with Crippen LogP contribution in [0.1, 0.15) is 16.7 Å². The van der Waals surface area contributed by atoms with E-state index in [9.17, 15) is 13.6 Å². The maximum Gasteiger partial charge on any atom is 0.316 e. The number of ether oxygens (including phenoxy) is 3. The second kappa shape index (κ2) is 10.9. The van der Waals surface area contributed by atoms with Crippen LogP contribution in [0.15, 0.2) is 59.8 Å². The summed E-state index contributed by atoms with van der Waals surface area (Å²) in [5, 5.41) is -0.0555. The number of nitrogens with zero attached hydrogens (tertiary/aromatic N) is 3. The largest absolute Gasteiger partial charge is 0.467 e. The highest BCUT2D eigenvalue weighted by atomic mass is 35.5. The van der Waals surface area contributed by atoms with E-state index in [1.165, 1.54) is 13.3 Å². The topological polar surface area (TPSA) is 99.2 Å². The molecule has 0 amide bonds. The standard InChI is InChI=1S/C24H19ClF2N4O4/c1-33-23-28-11-15(12-29-23)8-16-13-30-24(31-22(16)32)34-7-6-14-2-4-18(5-3-14)35-21-19(26)9-17(25)10-20(21)27/h2-5,9-13H,6-8H2,1H3,(H,30,31,32). The third kappa shape index (κ3) is 6.30. The van der Waals surface area contributed by atoms with E-state index in [2.05, 4.69) is 19.9 Å². The Bertz CT molecular complexity index is 1340. The minimum absolute atomic E-state index is 0.0555. The summed E-state index contributed by atoms with van der Waals surface area (Å²) in [5.41, 5.74) is 1.73. The lowest BCUT2D eigenvalue weighted by molar-refractivity contribution is 0.295. The molecular formula is C24H19ClF2N4O4. The second-order valence-electron chi connectivity index (χ2n) is 7.34. The molecule has 0 aliphatic rings. The highest BCUT2D eigenvalue weighted by molar-refractivity contribution is 6.30. The van der Waals surface area contributed by atoms with Gasteiger partial charge in [-0.1, -0.05) is 23.7 Å². The molecule has 8 nitrogen and oxygen atoms in total. The van der Waals surface area contributed by atoms with Crippen LogP contribution < -0.4 is 19.8 Å². The molecule has 4 rings (SSSR count). The highest BCUT2D eigenvalue weighted by Gasteiger charge is 2.13. The van der Waals surface area contributed by atoms with Crippen molar-refractivity contribution < 1.29 is 23.0 Å². The van der Waals surface area contributed by atoms with E-state index in [1.807, 2.05) is 0 Å². The molecule has 4 aromatic rings.